The molecule has 6 rings (SSSR count). The summed E-state index contributed by atoms with van der Waals surface area (Å²) in [5.74, 6) is 2.01. The molecule has 24 nitrogen and oxygen atoms in total. The summed E-state index contributed by atoms with van der Waals surface area (Å²) < 4.78 is 33.9. The Labute approximate surface area is 582 Å². The summed E-state index contributed by atoms with van der Waals surface area (Å²) in [7, 11) is 16.5. The van der Waals surface area contributed by atoms with Gasteiger partial charge >= 0.3 is 17.9 Å². The Kier molecular flexibility index (Phi) is 40.1. The summed E-state index contributed by atoms with van der Waals surface area (Å²) in [5, 5.41) is 26.4. The van der Waals surface area contributed by atoms with Crippen LogP contribution in [0.5, 0.6) is 34.5 Å². The highest BCUT2D eigenvalue weighted by atomic mass is 16.7. The van der Waals surface area contributed by atoms with E-state index in [-0.39, 0.29) is 76.7 Å². The molecule has 0 bridgehead atoms. The molecule has 6 aromatic carbocycles. The molecule has 24 heteroatoms. The lowest BCUT2D eigenvalue weighted by Crippen LogP contribution is -2.41. The molecule has 0 fully saturated rings. The molecule has 99 heavy (non-hydrogen) atoms. The van der Waals surface area contributed by atoms with Crippen LogP contribution >= 0.6 is 0 Å². The first-order chi connectivity index (χ1) is 47.7. The molecule has 0 radical (unpaired) electrons. The van der Waals surface area contributed by atoms with Crippen LogP contribution in [0.1, 0.15) is 71.9 Å². The number of carboxylic acids is 3. The zero-order chi connectivity index (χ0) is 72.2. The lowest BCUT2D eigenvalue weighted by atomic mass is 10.0. The minimum atomic E-state index is -0.955. The number of aliphatic carboxylic acids is 3. The van der Waals surface area contributed by atoms with Crippen LogP contribution in [0.3, 0.4) is 0 Å². The van der Waals surface area contributed by atoms with Crippen molar-refractivity contribution < 1.29 is 87.0 Å². The van der Waals surface area contributed by atoms with E-state index in [1.807, 2.05) is 166 Å². The summed E-state index contributed by atoms with van der Waals surface area (Å²) in [6.45, 7) is 2.50. The number of nitrogens with zero attached hydrogens (tertiary/aromatic N) is 3. The summed E-state index contributed by atoms with van der Waals surface area (Å²) >= 11 is 0. The van der Waals surface area contributed by atoms with E-state index in [1.165, 1.54) is 16.7 Å². The first-order valence-electron chi connectivity index (χ1n) is 32.9. The number of aldehydes is 3. The Morgan fingerprint density at radius 1 is 0.374 bits per heavy atom. The van der Waals surface area contributed by atoms with E-state index in [0.717, 1.165) is 89.7 Å². The maximum Gasteiger partial charge on any atom is 0.303 e. The van der Waals surface area contributed by atoms with Crippen LogP contribution in [0, 0.1) is 0 Å². The second-order valence-electron chi connectivity index (χ2n) is 24.2. The van der Waals surface area contributed by atoms with Crippen LogP contribution in [0.15, 0.2) is 146 Å². The maximum absolute atomic E-state index is 11.2. The van der Waals surface area contributed by atoms with Crippen molar-refractivity contribution in [3.05, 3.63) is 179 Å². The first-order valence-corrected chi connectivity index (χ1v) is 32.9. The van der Waals surface area contributed by atoms with Gasteiger partial charge in [-0.2, -0.15) is 16.4 Å². The van der Waals surface area contributed by atoms with Crippen LogP contribution in [0.4, 0.5) is 0 Å². The van der Waals surface area contributed by atoms with Gasteiger partial charge in [0.15, 0.2) is 0 Å². The Morgan fingerprint density at radius 2 is 0.616 bits per heavy atom. The average molecular weight is 1380 g/mol. The topological polar surface area (TPSA) is 292 Å². The predicted octanol–water partition coefficient (Wildman–Crippen LogP) is 8.23. The number of likely N-dealkylation sites (N-methyl/N-ethyl adjacent to an activating group) is 3. The van der Waals surface area contributed by atoms with Gasteiger partial charge in [-0.25, -0.2) is 0 Å². The second kappa shape index (κ2) is 48.0. The van der Waals surface area contributed by atoms with Crippen molar-refractivity contribution in [2.24, 2.45) is 0 Å². The SMILES string of the molecule is COc1ccc(CCc2ccccc2OCC(CN(C)C)ON[C@H](C=O)CCC(=O)O)cc1.COc1ccc(CCc2ccccc2OC[C@@H](CN(C)C)ON[C@H](C=O)CCC(=O)O)cc1.COc1ccc(CCc2ccccc2OC[C@H](CN(C)C)ON[C@H](C=O)CCC(=O)O)cc1. The number of aryl methyl sites for hydroxylation is 6. The van der Waals surface area contributed by atoms with Gasteiger partial charge in [0.25, 0.3) is 0 Å². The number of carboxylic acid groups (broad SMARTS) is 3. The number of nitrogens with one attached hydrogen (secondary N) is 3. The minimum Gasteiger partial charge on any atom is -0.497 e. The molecule has 0 aliphatic heterocycles. The monoisotopic (exact) mass is 1370 g/mol. The van der Waals surface area contributed by atoms with Crippen LogP contribution in [-0.4, -0.2) is 206 Å². The van der Waals surface area contributed by atoms with Gasteiger partial charge in [0, 0.05) is 38.9 Å². The lowest BCUT2D eigenvalue weighted by Gasteiger charge is -2.24. The van der Waals surface area contributed by atoms with E-state index in [1.54, 1.807) is 21.3 Å². The highest BCUT2D eigenvalue weighted by Crippen LogP contribution is 2.25. The molecule has 540 valence electrons. The van der Waals surface area contributed by atoms with Crippen molar-refractivity contribution >= 4 is 36.8 Å². The van der Waals surface area contributed by atoms with E-state index < -0.39 is 36.0 Å². The molecule has 0 aromatic heterocycles. The average Bonchev–Trinajstić information content (AvgIpc) is 0.975. The van der Waals surface area contributed by atoms with E-state index in [9.17, 15) is 28.8 Å². The molecule has 1 unspecified atom stereocenters. The molecule has 0 amide bonds. The smallest absolute Gasteiger partial charge is 0.303 e. The molecule has 6 atom stereocenters. The van der Waals surface area contributed by atoms with Crippen LogP contribution < -0.4 is 44.9 Å². The van der Waals surface area contributed by atoms with Gasteiger partial charge in [-0.05, 0) is 188 Å². The van der Waals surface area contributed by atoms with Gasteiger partial charge in [-0.15, -0.1) is 0 Å². The molecule has 0 spiro atoms. The normalized spacial score (nSPS) is 12.8. The minimum absolute atomic E-state index is 0.115. The number of rotatable bonds is 48. The third-order valence-electron chi connectivity index (χ3n) is 15.1. The third-order valence-corrected chi connectivity index (χ3v) is 15.1. The highest BCUT2D eigenvalue weighted by molar-refractivity contribution is 5.69. The van der Waals surface area contributed by atoms with Crippen LogP contribution in [0.25, 0.3) is 0 Å². The fraction of sp³-hybridized carbons (Fsp3) is 0.440. The quantitative estimate of drug-likeness (QED) is 0.0155. The van der Waals surface area contributed by atoms with Gasteiger partial charge in [0.1, 0.15) is 91.5 Å². The Balaban J connectivity index is 0.000000315. The van der Waals surface area contributed by atoms with E-state index in [2.05, 4.69) is 52.8 Å². The summed E-state index contributed by atoms with van der Waals surface area (Å²) in [5.41, 5.74) is 15.0. The van der Waals surface area contributed by atoms with Crippen molar-refractivity contribution in [2.45, 2.75) is 113 Å². The number of hydroxylamine groups is 3. The zero-order valence-electron chi connectivity index (χ0n) is 58.6. The standard InChI is InChI=1S/3C25H34N2O6/c3*1-27(2)16-23(33-26-21(17-28)12-15-25(29)30)18-32-24-7-5-4-6-20(24)11-8-19-9-13-22(31-3)14-10-19/h3*4-7,9-10,13-14,17,21,23,26H,8,11-12,15-16,18H2,1-3H3,(H,29,30)/t21-,23?;21-,23+;21-,23-/m000/s1. The molecule has 0 saturated heterocycles. The first kappa shape index (κ1) is 82.6. The van der Waals surface area contributed by atoms with E-state index in [0.29, 0.717) is 38.5 Å². The van der Waals surface area contributed by atoms with Gasteiger partial charge in [0.05, 0.1) is 39.5 Å². The van der Waals surface area contributed by atoms with Crippen LogP contribution in [-0.2, 0) is 81.8 Å². The largest absolute Gasteiger partial charge is 0.497 e. The number of carbonyl (C=O) groups excluding carboxylic acids is 3. The van der Waals surface area contributed by atoms with Gasteiger partial charge in [-0.3, -0.25) is 28.9 Å². The number of para-hydroxylation sites is 3. The number of carbonyl (C=O) groups is 6. The molecular formula is C75H102N6O18. The molecule has 6 aromatic rings. The predicted molar refractivity (Wildman–Crippen MR) is 377 cm³/mol. The Morgan fingerprint density at radius 3 is 0.828 bits per heavy atom. The van der Waals surface area contributed by atoms with Crippen molar-refractivity contribution in [2.75, 3.05) is 103 Å². The fourth-order valence-corrected chi connectivity index (χ4v) is 9.76. The number of benzene rings is 6. The van der Waals surface area contributed by atoms with E-state index in [4.69, 9.17) is 58.3 Å². The number of hydrogen-bond donors (Lipinski definition) is 6. The number of ether oxygens (including phenoxy) is 6. The fourth-order valence-electron chi connectivity index (χ4n) is 9.76. The number of hydrogen-bond acceptors (Lipinski definition) is 21. The maximum atomic E-state index is 11.2. The second-order valence-corrected chi connectivity index (χ2v) is 24.2. The summed E-state index contributed by atoms with van der Waals surface area (Å²) in [6, 6.07) is 45.7. The molecule has 0 heterocycles. The molecular weight excluding hydrogens is 1270 g/mol. The molecule has 0 aliphatic rings. The van der Waals surface area contributed by atoms with Gasteiger partial charge in [-0.1, -0.05) is 91.0 Å². The van der Waals surface area contributed by atoms with Crippen molar-refractivity contribution in [1.29, 1.82) is 0 Å². The van der Waals surface area contributed by atoms with Crippen molar-refractivity contribution in [3.63, 3.8) is 0 Å². The van der Waals surface area contributed by atoms with Crippen molar-refractivity contribution in [1.82, 2.24) is 31.1 Å². The Hall–Kier alpha value is -8.82. The van der Waals surface area contributed by atoms with Gasteiger partial charge in [0.2, 0.25) is 0 Å². The van der Waals surface area contributed by atoms with E-state index >= 15 is 0 Å². The lowest BCUT2D eigenvalue weighted by molar-refractivity contribution is -0.139. The number of methoxy groups -OCH3 is 3. The van der Waals surface area contributed by atoms with Crippen molar-refractivity contribution in [3.8, 4) is 34.5 Å². The highest BCUT2D eigenvalue weighted by Gasteiger charge is 2.21. The summed E-state index contributed by atoms with van der Waals surface area (Å²) in [4.78, 5) is 88.9. The molecule has 0 saturated carbocycles. The van der Waals surface area contributed by atoms with Gasteiger partial charge < -0.3 is 72.8 Å². The third kappa shape index (κ3) is 35.5. The molecule has 6 N–H and O–H groups in total. The van der Waals surface area contributed by atoms with Crippen LogP contribution in [0.2, 0.25) is 0 Å². The summed E-state index contributed by atoms with van der Waals surface area (Å²) in [6.07, 6.45) is 6.09. The Bertz CT molecular complexity index is 2910. The zero-order valence-corrected chi connectivity index (χ0v) is 58.6. The molecule has 0 aliphatic carbocycles.